The zero-order valence-corrected chi connectivity index (χ0v) is 21.9. The Balaban J connectivity index is 0. The van der Waals surface area contributed by atoms with Gasteiger partial charge in [0.25, 0.3) is 0 Å². The fourth-order valence-electron chi connectivity index (χ4n) is 1.67. The molecule has 2 rings (SSSR count). The molecule has 2 aromatic carbocycles. The number of hydrogen-bond acceptors (Lipinski definition) is 7. The number of carboxylic acid groups (broad SMARTS) is 2. The Labute approximate surface area is 224 Å². The van der Waals surface area contributed by atoms with Gasteiger partial charge in [-0.15, -0.1) is 0 Å². The maximum atomic E-state index is 10.4. The Kier molecular flexibility index (Phi) is 15.8. The fraction of sp³-hybridized carbons (Fsp3) is 0.222. The van der Waals surface area contributed by atoms with E-state index in [1.165, 1.54) is 38.1 Å². The first-order valence-electron chi connectivity index (χ1n) is 7.87. The van der Waals surface area contributed by atoms with Crippen LogP contribution in [-0.2, 0) is 9.59 Å². The van der Waals surface area contributed by atoms with Crippen molar-refractivity contribution in [3.05, 3.63) is 54.4 Å². The van der Waals surface area contributed by atoms with Crippen molar-refractivity contribution < 1.29 is 34.8 Å². The van der Waals surface area contributed by atoms with Gasteiger partial charge in [-0.3, -0.25) is 0 Å². The number of carbonyl (C=O) groups is 2. The Morgan fingerprint density at radius 1 is 0.656 bits per heavy atom. The number of carbonyl (C=O) groups excluding carboxylic acids is 2. The Morgan fingerprint density at radius 2 is 0.906 bits per heavy atom. The average molecular weight is 581 g/mol. The van der Waals surface area contributed by atoms with Gasteiger partial charge in [0.1, 0.15) is 23.7 Å². The first-order valence-corrected chi connectivity index (χ1v) is 10.1. The van der Waals surface area contributed by atoms with Crippen LogP contribution in [0.5, 0.6) is 11.5 Å². The van der Waals surface area contributed by atoms with Gasteiger partial charge >= 0.3 is 17.4 Å². The van der Waals surface area contributed by atoms with Crippen molar-refractivity contribution in [2.75, 3.05) is 0 Å². The Bertz CT molecular complexity index is 869. The second kappa shape index (κ2) is 15.2. The van der Waals surface area contributed by atoms with Gasteiger partial charge in [-0.2, -0.15) is 0 Å². The number of aliphatic carboxylic acids is 2. The van der Waals surface area contributed by atoms with Crippen LogP contribution in [0.2, 0.25) is 30.1 Å². The molecule has 0 saturated heterocycles. The number of rotatable bonds is 6. The summed E-state index contributed by atoms with van der Waals surface area (Å²) in [6, 6.07) is 5.46. The molecule has 0 aliphatic heterocycles. The number of halogens is 6. The maximum Gasteiger partial charge on any atom is 3.00 e. The minimum Gasteiger partial charge on any atom is -0.870 e. The predicted octanol–water partition coefficient (Wildman–Crippen LogP) is 3.77. The van der Waals surface area contributed by atoms with Crippen LogP contribution in [0.15, 0.2) is 24.3 Å². The van der Waals surface area contributed by atoms with Crippen LogP contribution in [0.3, 0.4) is 0 Å². The van der Waals surface area contributed by atoms with E-state index < -0.39 is 24.1 Å². The number of benzene rings is 2. The quantitative estimate of drug-likeness (QED) is 0.376. The van der Waals surface area contributed by atoms with Crippen molar-refractivity contribution in [2.45, 2.75) is 26.1 Å². The SMILES string of the molecule is CC(Oc1cc(Cl)c(Cl)cc1Cl)C(=O)[O-].CC(Oc1cc(Cl)c(Cl)cc1Cl)C(=O)[O-].[Al+3].[OH-]. The van der Waals surface area contributed by atoms with Crippen molar-refractivity contribution in [1.29, 1.82) is 0 Å². The zero-order chi connectivity index (χ0) is 23.2. The standard InChI is InChI=1S/2C9H7Cl3O3.Al.H2O/c2*1-4(9(13)14)15-8-3-6(11)5(10)2-7(8)12;;/h2*2-4H,1H3,(H,13,14);;1H2/q;;+3;/p-3. The summed E-state index contributed by atoms with van der Waals surface area (Å²) in [6.07, 6.45) is -2.22. The van der Waals surface area contributed by atoms with Crippen molar-refractivity contribution in [3.8, 4) is 11.5 Å². The van der Waals surface area contributed by atoms with E-state index in [4.69, 9.17) is 79.1 Å². The van der Waals surface area contributed by atoms with Crippen LogP contribution in [0.25, 0.3) is 0 Å². The fourth-order valence-corrected chi connectivity index (χ4v) is 2.83. The number of ether oxygens (including phenoxy) is 2. The summed E-state index contributed by atoms with van der Waals surface area (Å²) in [5, 5.41) is 22.3. The molecule has 0 heterocycles. The molecule has 0 spiro atoms. The number of hydrogen-bond donors (Lipinski definition) is 0. The van der Waals surface area contributed by atoms with Crippen LogP contribution < -0.4 is 19.7 Å². The molecule has 32 heavy (non-hydrogen) atoms. The molecule has 2 atom stereocenters. The van der Waals surface area contributed by atoms with Gasteiger partial charge in [-0.05, 0) is 26.0 Å². The summed E-state index contributed by atoms with van der Waals surface area (Å²) < 4.78 is 10.0. The molecular formula is C18H13AlCl6O7. The summed E-state index contributed by atoms with van der Waals surface area (Å²) in [4.78, 5) is 20.9. The molecule has 0 fully saturated rings. The molecule has 0 aliphatic carbocycles. The third-order valence-corrected chi connectivity index (χ3v) is 5.26. The third-order valence-electron chi connectivity index (χ3n) is 3.22. The predicted molar refractivity (Wildman–Crippen MR) is 121 cm³/mol. The summed E-state index contributed by atoms with van der Waals surface area (Å²) in [7, 11) is 0. The molecule has 0 radical (unpaired) electrons. The third kappa shape index (κ3) is 10.4. The van der Waals surface area contributed by atoms with Crippen LogP contribution in [0.1, 0.15) is 13.8 Å². The molecule has 172 valence electrons. The average Bonchev–Trinajstić information content (AvgIpc) is 2.64. The van der Waals surface area contributed by atoms with Crippen LogP contribution in [0.4, 0.5) is 0 Å². The normalized spacial score (nSPS) is 11.5. The molecule has 14 heteroatoms. The van der Waals surface area contributed by atoms with Crippen LogP contribution in [0, 0.1) is 0 Å². The summed E-state index contributed by atoms with van der Waals surface area (Å²) in [5.74, 6) is -2.36. The van der Waals surface area contributed by atoms with Crippen molar-refractivity contribution >= 4 is 98.9 Å². The van der Waals surface area contributed by atoms with Gasteiger partial charge in [0.15, 0.2) is 0 Å². The van der Waals surface area contributed by atoms with Crippen molar-refractivity contribution in [3.63, 3.8) is 0 Å². The van der Waals surface area contributed by atoms with Gasteiger partial charge in [0, 0.05) is 12.1 Å². The summed E-state index contributed by atoms with van der Waals surface area (Å²) >= 11 is 34.3. The first-order chi connectivity index (χ1) is 13.8. The van der Waals surface area contributed by atoms with Crippen LogP contribution >= 0.6 is 69.6 Å². The van der Waals surface area contributed by atoms with Crippen molar-refractivity contribution in [1.82, 2.24) is 0 Å². The molecular weight excluding hydrogens is 568 g/mol. The minimum atomic E-state index is -1.34. The molecule has 0 saturated carbocycles. The molecule has 0 bridgehead atoms. The van der Waals surface area contributed by atoms with Gasteiger partial charge in [-0.25, -0.2) is 0 Å². The Morgan fingerprint density at radius 3 is 1.16 bits per heavy atom. The first kappa shape index (κ1) is 33.4. The van der Waals surface area contributed by atoms with E-state index >= 15 is 0 Å². The summed E-state index contributed by atoms with van der Waals surface area (Å²) in [5.41, 5.74) is 0. The molecule has 1 N–H and O–H groups in total. The zero-order valence-electron chi connectivity index (χ0n) is 16.2. The van der Waals surface area contributed by atoms with Crippen molar-refractivity contribution in [2.24, 2.45) is 0 Å². The van der Waals surface area contributed by atoms with E-state index in [0.717, 1.165) is 0 Å². The van der Waals surface area contributed by atoms with Gasteiger partial charge in [0.05, 0.1) is 42.1 Å². The molecule has 0 aromatic heterocycles. The monoisotopic (exact) mass is 578 g/mol. The molecule has 2 unspecified atom stereocenters. The van der Waals surface area contributed by atoms with Gasteiger partial charge in [-0.1, -0.05) is 69.6 Å². The van der Waals surface area contributed by atoms with E-state index in [1.807, 2.05) is 0 Å². The van der Waals surface area contributed by atoms with Gasteiger partial charge in [0.2, 0.25) is 0 Å². The number of carboxylic acids is 2. The van der Waals surface area contributed by atoms with E-state index in [1.54, 1.807) is 0 Å². The molecule has 7 nitrogen and oxygen atoms in total. The van der Waals surface area contributed by atoms with E-state index in [-0.39, 0.29) is 64.5 Å². The summed E-state index contributed by atoms with van der Waals surface area (Å²) in [6.45, 7) is 2.66. The molecule has 0 aliphatic rings. The smallest absolute Gasteiger partial charge is 0.870 e. The van der Waals surface area contributed by atoms with E-state index in [0.29, 0.717) is 0 Å². The second-order valence-corrected chi connectivity index (χ2v) is 7.99. The largest absolute Gasteiger partial charge is 3.00 e. The minimum absolute atomic E-state index is 0. The van der Waals surface area contributed by atoms with E-state index in [2.05, 4.69) is 0 Å². The van der Waals surface area contributed by atoms with Gasteiger partial charge < -0.3 is 34.8 Å². The second-order valence-electron chi connectivity index (χ2n) is 5.55. The van der Waals surface area contributed by atoms with Crippen LogP contribution in [-0.4, -0.2) is 47.0 Å². The Hall–Kier alpha value is -0.788. The molecule has 2 aromatic rings. The topological polar surface area (TPSA) is 129 Å². The molecule has 0 amide bonds. The maximum absolute atomic E-state index is 10.4. The van der Waals surface area contributed by atoms with E-state index in [9.17, 15) is 19.8 Å².